The van der Waals surface area contributed by atoms with Crippen LogP contribution in [0.1, 0.15) is 63.5 Å². The number of aromatic amines is 1. The third-order valence-corrected chi connectivity index (χ3v) is 7.58. The number of methoxy groups -OCH3 is 1. The Kier molecular flexibility index (Phi) is 7.56. The Balaban J connectivity index is 1.58. The molecule has 1 atom stereocenters. The molecule has 0 fully saturated rings. The molecule has 0 saturated carbocycles. The van der Waals surface area contributed by atoms with Crippen LogP contribution in [0.15, 0.2) is 47.3 Å². The summed E-state index contributed by atoms with van der Waals surface area (Å²) in [5.74, 6) is 2.90. The number of nitrogens with zero attached hydrogens (tertiary/aromatic N) is 5. The Morgan fingerprint density at radius 1 is 1.08 bits per heavy atom. The maximum atomic E-state index is 13.4. The lowest BCUT2D eigenvalue weighted by atomic mass is 10.0. The molecule has 2 aromatic carbocycles. The molecule has 0 bridgehead atoms. The average Bonchev–Trinajstić information content (AvgIpc) is 3.44. The van der Waals surface area contributed by atoms with Gasteiger partial charge in [-0.2, -0.15) is 0 Å². The number of para-hydroxylation sites is 1. The van der Waals surface area contributed by atoms with Crippen LogP contribution in [0.3, 0.4) is 0 Å². The van der Waals surface area contributed by atoms with Crippen molar-refractivity contribution < 1.29 is 14.2 Å². The Morgan fingerprint density at radius 2 is 1.79 bits per heavy atom. The molecule has 206 valence electrons. The number of H-pyrrole nitrogens is 1. The largest absolute Gasteiger partial charge is 0.496 e. The van der Waals surface area contributed by atoms with E-state index in [4.69, 9.17) is 14.2 Å². The van der Waals surface area contributed by atoms with E-state index in [2.05, 4.69) is 53.1 Å². The molecule has 0 saturated heterocycles. The van der Waals surface area contributed by atoms with Gasteiger partial charge in [-0.1, -0.05) is 32.0 Å². The number of fused-ring (bicyclic) bond motifs is 2. The molecular weight excluding hydrogens is 496 g/mol. The van der Waals surface area contributed by atoms with Crippen molar-refractivity contribution in [3.05, 3.63) is 69.8 Å². The maximum absolute atomic E-state index is 13.4. The van der Waals surface area contributed by atoms with E-state index in [1.165, 1.54) is 0 Å². The topological polar surface area (TPSA) is 107 Å². The average molecular weight is 533 g/mol. The first kappa shape index (κ1) is 26.7. The fraction of sp³-hybridized carbons (Fsp3) is 0.448. The molecule has 10 nitrogen and oxygen atoms in total. The molecule has 2 aromatic heterocycles. The van der Waals surface area contributed by atoms with Gasteiger partial charge in [0, 0.05) is 35.7 Å². The second-order valence-corrected chi connectivity index (χ2v) is 10.5. The molecule has 0 aliphatic carbocycles. The van der Waals surface area contributed by atoms with Crippen LogP contribution in [0, 0.1) is 0 Å². The van der Waals surface area contributed by atoms with Crippen LogP contribution in [0.4, 0.5) is 0 Å². The molecule has 0 unspecified atom stereocenters. The maximum Gasteiger partial charge on any atom is 0.252 e. The second kappa shape index (κ2) is 11.1. The molecule has 1 N–H and O–H groups in total. The van der Waals surface area contributed by atoms with Crippen molar-refractivity contribution in [2.45, 2.75) is 65.2 Å². The van der Waals surface area contributed by atoms with Gasteiger partial charge in [0.1, 0.15) is 19.0 Å². The minimum absolute atomic E-state index is 0.146. The van der Waals surface area contributed by atoms with Gasteiger partial charge in [-0.05, 0) is 55.3 Å². The van der Waals surface area contributed by atoms with Crippen LogP contribution in [0.25, 0.3) is 10.9 Å². The van der Waals surface area contributed by atoms with Crippen molar-refractivity contribution in [3.63, 3.8) is 0 Å². The smallest absolute Gasteiger partial charge is 0.252 e. The van der Waals surface area contributed by atoms with Crippen LogP contribution in [0.5, 0.6) is 17.2 Å². The first-order valence-electron chi connectivity index (χ1n) is 13.4. The number of tetrazole rings is 1. The zero-order valence-electron chi connectivity index (χ0n) is 23.2. The molecule has 0 spiro atoms. The molecule has 10 heteroatoms. The summed E-state index contributed by atoms with van der Waals surface area (Å²) in [6, 6.07) is 13.5. The molecule has 4 aromatic rings. The zero-order chi connectivity index (χ0) is 27.6. The highest BCUT2D eigenvalue weighted by Gasteiger charge is 2.31. The summed E-state index contributed by atoms with van der Waals surface area (Å²) in [6.45, 7) is 10.4. The number of pyridine rings is 1. The van der Waals surface area contributed by atoms with E-state index < -0.39 is 0 Å². The Bertz CT molecular complexity index is 1510. The summed E-state index contributed by atoms with van der Waals surface area (Å²) in [7, 11) is 1.67. The summed E-state index contributed by atoms with van der Waals surface area (Å²) in [5, 5.41) is 13.8. The van der Waals surface area contributed by atoms with Gasteiger partial charge in [0.05, 0.1) is 24.2 Å². The van der Waals surface area contributed by atoms with Crippen LogP contribution in [-0.2, 0) is 18.6 Å². The number of benzene rings is 2. The normalized spacial score (nSPS) is 14.1. The van der Waals surface area contributed by atoms with E-state index >= 15 is 0 Å². The molecule has 0 amide bonds. The molecule has 39 heavy (non-hydrogen) atoms. The van der Waals surface area contributed by atoms with Crippen LogP contribution < -0.4 is 19.8 Å². The molecular formula is C29H36N6O4. The number of ether oxygens (including phenoxy) is 3. The monoisotopic (exact) mass is 532 g/mol. The van der Waals surface area contributed by atoms with E-state index in [-0.39, 0.29) is 17.1 Å². The molecule has 3 heterocycles. The summed E-state index contributed by atoms with van der Waals surface area (Å²) < 4.78 is 19.1. The van der Waals surface area contributed by atoms with Crippen molar-refractivity contribution in [1.82, 2.24) is 30.1 Å². The number of hydrogen-bond acceptors (Lipinski definition) is 8. The Labute approximate surface area is 227 Å². The van der Waals surface area contributed by atoms with Gasteiger partial charge in [0.15, 0.2) is 17.3 Å². The van der Waals surface area contributed by atoms with Crippen LogP contribution in [-0.4, -0.2) is 50.4 Å². The number of rotatable bonds is 10. The van der Waals surface area contributed by atoms with Gasteiger partial charge in [0.2, 0.25) is 0 Å². The van der Waals surface area contributed by atoms with Crippen molar-refractivity contribution in [2.75, 3.05) is 20.3 Å². The van der Waals surface area contributed by atoms with E-state index in [1.54, 1.807) is 7.11 Å². The summed E-state index contributed by atoms with van der Waals surface area (Å²) >= 11 is 0. The van der Waals surface area contributed by atoms with E-state index in [0.717, 1.165) is 35.4 Å². The van der Waals surface area contributed by atoms with Gasteiger partial charge >= 0.3 is 0 Å². The second-order valence-electron chi connectivity index (χ2n) is 10.5. The van der Waals surface area contributed by atoms with Crippen LogP contribution in [0.2, 0.25) is 0 Å². The lowest BCUT2D eigenvalue weighted by Gasteiger charge is -2.33. The minimum Gasteiger partial charge on any atom is -0.496 e. The van der Waals surface area contributed by atoms with E-state index in [0.29, 0.717) is 48.9 Å². The van der Waals surface area contributed by atoms with E-state index in [9.17, 15) is 4.79 Å². The minimum atomic E-state index is -0.260. The number of hydrogen-bond donors (Lipinski definition) is 1. The number of aromatic nitrogens is 5. The van der Waals surface area contributed by atoms with Gasteiger partial charge < -0.3 is 19.2 Å². The quantitative estimate of drug-likeness (QED) is 0.316. The first-order chi connectivity index (χ1) is 18.8. The fourth-order valence-corrected chi connectivity index (χ4v) is 5.04. The van der Waals surface area contributed by atoms with Crippen molar-refractivity contribution >= 4 is 10.9 Å². The molecule has 1 aliphatic heterocycles. The van der Waals surface area contributed by atoms with Crippen molar-refractivity contribution in [2.24, 2.45) is 0 Å². The predicted octanol–water partition coefficient (Wildman–Crippen LogP) is 4.59. The number of nitrogens with one attached hydrogen (secondary N) is 1. The highest BCUT2D eigenvalue weighted by atomic mass is 16.6. The third kappa shape index (κ3) is 5.34. The summed E-state index contributed by atoms with van der Waals surface area (Å²) in [6.07, 6.45) is 1.62. The van der Waals surface area contributed by atoms with Gasteiger partial charge in [-0.25, -0.2) is 4.68 Å². The fourth-order valence-electron chi connectivity index (χ4n) is 5.04. The summed E-state index contributed by atoms with van der Waals surface area (Å²) in [4.78, 5) is 18.7. The highest BCUT2D eigenvalue weighted by molar-refractivity contribution is 5.83. The van der Waals surface area contributed by atoms with Gasteiger partial charge in [0.25, 0.3) is 5.56 Å². The zero-order valence-corrected chi connectivity index (χ0v) is 23.2. The third-order valence-electron chi connectivity index (χ3n) is 7.58. The predicted molar refractivity (Wildman–Crippen MR) is 148 cm³/mol. The van der Waals surface area contributed by atoms with Gasteiger partial charge in [-0.15, -0.1) is 5.10 Å². The first-order valence-corrected chi connectivity index (χ1v) is 13.4. The molecule has 0 radical (unpaired) electrons. The Hall–Kier alpha value is -3.92. The van der Waals surface area contributed by atoms with Crippen molar-refractivity contribution in [3.8, 4) is 17.2 Å². The van der Waals surface area contributed by atoms with E-state index in [1.807, 2.05) is 47.1 Å². The van der Waals surface area contributed by atoms with Crippen LogP contribution >= 0.6 is 0 Å². The summed E-state index contributed by atoms with van der Waals surface area (Å²) in [5.41, 5.74) is 1.96. The highest BCUT2D eigenvalue weighted by Crippen LogP contribution is 2.35. The SMILES string of the molecule is CC[C@H](c1nnnn1C(C)(C)CC)N(Cc1ccccc1OC)Cc1cc2cc3c(cc2[nH]c1=O)OCCO3. The van der Waals surface area contributed by atoms with Gasteiger partial charge in [-0.3, -0.25) is 9.69 Å². The standard InChI is InChI=1S/C29H36N6O4/c1-6-23(27-31-32-33-35(27)29(3,4)7-2)34(17-19-10-8-9-11-24(19)37-5)18-21-14-20-15-25-26(39-13-12-38-25)16-22(20)30-28(21)36/h8-11,14-16,23H,6-7,12-13,17-18H2,1-5H3,(H,30,36)/t23-/m1/s1. The lowest BCUT2D eigenvalue weighted by Crippen LogP contribution is -2.36. The molecule has 1 aliphatic rings. The van der Waals surface area contributed by atoms with Crippen molar-refractivity contribution in [1.29, 1.82) is 0 Å². The molecule has 5 rings (SSSR count). The lowest BCUT2D eigenvalue weighted by molar-refractivity contribution is 0.149. The Morgan fingerprint density at radius 3 is 2.51 bits per heavy atom.